The van der Waals surface area contributed by atoms with Crippen LogP contribution in [-0.2, 0) is 13.2 Å². The summed E-state index contributed by atoms with van der Waals surface area (Å²) in [5.74, 6) is -0.396. The fourth-order valence-electron chi connectivity index (χ4n) is 1.27. The van der Waals surface area contributed by atoms with Crippen LogP contribution in [0.25, 0.3) is 0 Å². The molecule has 0 aliphatic carbocycles. The second kappa shape index (κ2) is 4.67. The maximum atomic E-state index is 12.1. The fourth-order valence-corrected chi connectivity index (χ4v) is 1.27. The predicted octanol–water partition coefficient (Wildman–Crippen LogP) is 1.24. The molecule has 0 amide bonds. The van der Waals surface area contributed by atoms with Crippen LogP contribution < -0.4 is 10.5 Å². The van der Waals surface area contributed by atoms with Gasteiger partial charge in [0.1, 0.15) is 0 Å². The smallest absolute Gasteiger partial charge is 0.403 e. The van der Waals surface area contributed by atoms with Gasteiger partial charge in [0.25, 0.3) is 0 Å². The van der Waals surface area contributed by atoms with Crippen molar-refractivity contribution >= 4 is 0 Å². The number of alkyl halides is 3. The van der Waals surface area contributed by atoms with Gasteiger partial charge in [-0.15, -0.1) is 13.2 Å². The SMILES string of the molecule is Cc1cc(CO)nc(CN)c1OC(F)(F)F. The number of rotatable bonds is 3. The number of nitrogens with two attached hydrogens (primary N) is 1. The number of nitrogens with zero attached hydrogens (tertiary/aromatic N) is 1. The molecule has 0 fully saturated rings. The number of hydrogen-bond donors (Lipinski definition) is 2. The summed E-state index contributed by atoms with van der Waals surface area (Å²) < 4.78 is 40.1. The van der Waals surface area contributed by atoms with Crippen LogP contribution in [0.3, 0.4) is 0 Å². The van der Waals surface area contributed by atoms with Gasteiger partial charge in [0.05, 0.1) is 18.0 Å². The predicted molar refractivity (Wildman–Crippen MR) is 49.5 cm³/mol. The van der Waals surface area contributed by atoms with Gasteiger partial charge in [-0.2, -0.15) is 0 Å². The molecule has 0 aliphatic heterocycles. The van der Waals surface area contributed by atoms with Gasteiger partial charge in [0, 0.05) is 6.54 Å². The summed E-state index contributed by atoms with van der Waals surface area (Å²) >= 11 is 0. The summed E-state index contributed by atoms with van der Waals surface area (Å²) in [6.45, 7) is 0.876. The number of ether oxygens (including phenoxy) is 1. The Morgan fingerprint density at radius 2 is 2.12 bits per heavy atom. The second-order valence-corrected chi connectivity index (χ2v) is 3.12. The van der Waals surface area contributed by atoms with Gasteiger partial charge < -0.3 is 15.6 Å². The standard InChI is InChI=1S/C9H11F3N2O2/c1-5-2-6(4-15)14-7(3-13)8(5)16-9(10,11)12/h2,15H,3-4,13H2,1H3. The third-order valence-electron chi connectivity index (χ3n) is 1.86. The molecule has 7 heteroatoms. The Morgan fingerprint density at radius 3 is 2.56 bits per heavy atom. The van der Waals surface area contributed by atoms with Crippen molar-refractivity contribution in [3.63, 3.8) is 0 Å². The van der Waals surface area contributed by atoms with Crippen molar-refractivity contribution in [1.82, 2.24) is 4.98 Å². The van der Waals surface area contributed by atoms with Crippen LogP contribution >= 0.6 is 0 Å². The first-order valence-electron chi connectivity index (χ1n) is 4.43. The molecule has 0 aromatic carbocycles. The minimum absolute atomic E-state index is 0.0265. The first-order valence-corrected chi connectivity index (χ1v) is 4.43. The molecule has 0 atom stereocenters. The quantitative estimate of drug-likeness (QED) is 0.828. The van der Waals surface area contributed by atoms with Gasteiger partial charge in [-0.25, -0.2) is 0 Å². The van der Waals surface area contributed by atoms with E-state index < -0.39 is 12.1 Å². The summed E-state index contributed by atoms with van der Waals surface area (Å²) in [4.78, 5) is 3.75. The van der Waals surface area contributed by atoms with E-state index in [1.165, 1.54) is 13.0 Å². The molecule has 3 N–H and O–H groups in total. The molecule has 0 spiro atoms. The molecule has 4 nitrogen and oxygen atoms in total. The van der Waals surface area contributed by atoms with Gasteiger partial charge in [0.2, 0.25) is 0 Å². The lowest BCUT2D eigenvalue weighted by Crippen LogP contribution is -2.20. The maximum absolute atomic E-state index is 12.1. The van der Waals surface area contributed by atoms with E-state index >= 15 is 0 Å². The molecular formula is C9H11F3N2O2. The summed E-state index contributed by atoms with van der Waals surface area (Å²) in [5, 5.41) is 8.84. The molecule has 0 aliphatic rings. The molecule has 0 bridgehead atoms. The molecule has 0 unspecified atom stereocenters. The van der Waals surface area contributed by atoms with E-state index in [1.807, 2.05) is 0 Å². The molecule has 1 heterocycles. The van der Waals surface area contributed by atoms with Crippen LogP contribution in [0.2, 0.25) is 0 Å². The summed E-state index contributed by atoms with van der Waals surface area (Å²) in [6, 6.07) is 1.32. The third-order valence-corrected chi connectivity index (χ3v) is 1.86. The van der Waals surface area contributed by atoms with Gasteiger partial charge in [-0.1, -0.05) is 0 Å². The van der Waals surface area contributed by atoms with Crippen LogP contribution in [0.5, 0.6) is 5.75 Å². The van der Waals surface area contributed by atoms with Crippen molar-refractivity contribution in [3.8, 4) is 5.75 Å². The van der Waals surface area contributed by atoms with Crippen molar-refractivity contribution in [2.45, 2.75) is 26.4 Å². The number of pyridine rings is 1. The molecular weight excluding hydrogens is 225 g/mol. The molecule has 90 valence electrons. The maximum Gasteiger partial charge on any atom is 0.573 e. The Kier molecular flexibility index (Phi) is 3.71. The van der Waals surface area contributed by atoms with E-state index in [0.29, 0.717) is 0 Å². The number of aliphatic hydroxyl groups excluding tert-OH is 1. The Hall–Kier alpha value is -1.34. The molecule has 1 rings (SSSR count). The third kappa shape index (κ3) is 3.07. The van der Waals surface area contributed by atoms with Gasteiger partial charge in [0.15, 0.2) is 5.75 Å². The van der Waals surface area contributed by atoms with Crippen molar-refractivity contribution in [2.75, 3.05) is 0 Å². The summed E-state index contributed by atoms with van der Waals surface area (Å²) in [7, 11) is 0. The van der Waals surface area contributed by atoms with Crippen LogP contribution in [0.1, 0.15) is 17.0 Å². The van der Waals surface area contributed by atoms with E-state index in [-0.39, 0.29) is 30.1 Å². The zero-order valence-corrected chi connectivity index (χ0v) is 8.51. The molecule has 0 saturated carbocycles. The lowest BCUT2D eigenvalue weighted by atomic mass is 10.2. The van der Waals surface area contributed by atoms with Gasteiger partial charge in [-0.3, -0.25) is 4.98 Å². The van der Waals surface area contributed by atoms with E-state index in [1.54, 1.807) is 0 Å². The van der Waals surface area contributed by atoms with E-state index in [4.69, 9.17) is 10.8 Å². The number of aryl methyl sites for hydroxylation is 1. The molecule has 1 aromatic rings. The number of hydrogen-bond acceptors (Lipinski definition) is 4. The highest BCUT2D eigenvalue weighted by Crippen LogP contribution is 2.29. The first-order chi connectivity index (χ1) is 7.37. The largest absolute Gasteiger partial charge is 0.573 e. The average molecular weight is 236 g/mol. The number of aliphatic hydroxyl groups is 1. The second-order valence-electron chi connectivity index (χ2n) is 3.12. The highest BCUT2D eigenvalue weighted by molar-refractivity contribution is 5.38. The van der Waals surface area contributed by atoms with Crippen LogP contribution in [0.15, 0.2) is 6.07 Å². The summed E-state index contributed by atoms with van der Waals surface area (Å²) in [5.41, 5.74) is 5.73. The highest BCUT2D eigenvalue weighted by Gasteiger charge is 2.33. The average Bonchev–Trinajstić information content (AvgIpc) is 2.19. The van der Waals surface area contributed by atoms with Gasteiger partial charge >= 0.3 is 6.36 Å². The molecule has 16 heavy (non-hydrogen) atoms. The Bertz CT molecular complexity index is 380. The van der Waals surface area contributed by atoms with Crippen molar-refractivity contribution in [1.29, 1.82) is 0 Å². The fraction of sp³-hybridized carbons (Fsp3) is 0.444. The monoisotopic (exact) mass is 236 g/mol. The van der Waals surface area contributed by atoms with Crippen LogP contribution in [-0.4, -0.2) is 16.5 Å². The minimum Gasteiger partial charge on any atom is -0.403 e. The topological polar surface area (TPSA) is 68.4 Å². The van der Waals surface area contributed by atoms with E-state index in [2.05, 4.69) is 9.72 Å². The van der Waals surface area contributed by atoms with E-state index in [9.17, 15) is 13.2 Å². The van der Waals surface area contributed by atoms with Crippen molar-refractivity contribution in [3.05, 3.63) is 23.0 Å². The van der Waals surface area contributed by atoms with Gasteiger partial charge in [-0.05, 0) is 18.6 Å². The Morgan fingerprint density at radius 1 is 1.50 bits per heavy atom. The van der Waals surface area contributed by atoms with Crippen molar-refractivity contribution in [2.24, 2.45) is 5.73 Å². The lowest BCUT2D eigenvalue weighted by molar-refractivity contribution is -0.275. The highest BCUT2D eigenvalue weighted by atomic mass is 19.4. The normalized spacial score (nSPS) is 11.6. The minimum atomic E-state index is -4.78. The number of halogens is 3. The van der Waals surface area contributed by atoms with E-state index in [0.717, 1.165) is 0 Å². The Labute approximate surface area is 89.9 Å². The van der Waals surface area contributed by atoms with Crippen LogP contribution in [0, 0.1) is 6.92 Å². The zero-order valence-electron chi connectivity index (χ0n) is 8.51. The molecule has 0 saturated heterocycles. The summed E-state index contributed by atoms with van der Waals surface area (Å²) in [6.07, 6.45) is -4.78. The van der Waals surface area contributed by atoms with Crippen molar-refractivity contribution < 1.29 is 23.0 Å². The van der Waals surface area contributed by atoms with Crippen LogP contribution in [0.4, 0.5) is 13.2 Å². The Balaban J connectivity index is 3.16. The lowest BCUT2D eigenvalue weighted by Gasteiger charge is -2.15. The molecule has 0 radical (unpaired) electrons. The number of aromatic nitrogens is 1. The molecule has 1 aromatic heterocycles. The first kappa shape index (κ1) is 12.7. The zero-order chi connectivity index (χ0) is 12.3.